The lowest BCUT2D eigenvalue weighted by Crippen LogP contribution is -2.20. The summed E-state index contributed by atoms with van der Waals surface area (Å²) in [5.74, 6) is 0.519. The van der Waals surface area contributed by atoms with Gasteiger partial charge in [-0.05, 0) is 54.4 Å². The van der Waals surface area contributed by atoms with Crippen LogP contribution >= 0.6 is 27.7 Å². The summed E-state index contributed by atoms with van der Waals surface area (Å²) in [5.41, 5.74) is 5.46. The first-order valence-electron chi connectivity index (χ1n) is 10.5. The fourth-order valence-electron chi connectivity index (χ4n) is 3.25. The van der Waals surface area contributed by atoms with E-state index in [2.05, 4.69) is 48.2 Å². The highest BCUT2D eigenvalue weighted by molar-refractivity contribution is 9.10. The molecule has 35 heavy (non-hydrogen) atoms. The highest BCUT2D eigenvalue weighted by atomic mass is 79.9. The smallest absolute Gasteiger partial charge is 0.250 e. The van der Waals surface area contributed by atoms with Gasteiger partial charge in [0, 0.05) is 33.7 Å². The third-order valence-corrected chi connectivity index (χ3v) is 6.35. The van der Waals surface area contributed by atoms with E-state index < -0.39 is 0 Å². The molecule has 0 aliphatic rings. The predicted molar refractivity (Wildman–Crippen MR) is 141 cm³/mol. The SMILES string of the molecule is C=CCc1cccc(/C=N\NC(=O)CSc2nnc(-c3ccncc3)n2-c2ccc(Br)cc2)c1O. The number of amides is 1. The molecule has 4 rings (SSSR count). The molecule has 2 heterocycles. The van der Waals surface area contributed by atoms with Gasteiger partial charge >= 0.3 is 0 Å². The minimum atomic E-state index is -0.316. The number of hydrogen-bond donors (Lipinski definition) is 2. The van der Waals surface area contributed by atoms with Crippen molar-refractivity contribution in [1.82, 2.24) is 25.2 Å². The second kappa shape index (κ2) is 11.6. The van der Waals surface area contributed by atoms with Gasteiger partial charge in [-0.3, -0.25) is 14.3 Å². The number of phenolic OH excluding ortho intramolecular Hbond substituents is 1. The number of hydrazone groups is 1. The van der Waals surface area contributed by atoms with Gasteiger partial charge in [0.2, 0.25) is 0 Å². The first kappa shape index (κ1) is 24.4. The largest absolute Gasteiger partial charge is 0.507 e. The normalized spacial score (nSPS) is 11.0. The lowest BCUT2D eigenvalue weighted by atomic mass is 10.1. The Labute approximate surface area is 215 Å². The number of para-hydroxylation sites is 1. The van der Waals surface area contributed by atoms with E-state index in [0.717, 1.165) is 21.3 Å². The molecular weight excluding hydrogens is 528 g/mol. The van der Waals surface area contributed by atoms with Crippen LogP contribution in [-0.4, -0.2) is 42.7 Å². The number of carbonyl (C=O) groups is 1. The fourth-order valence-corrected chi connectivity index (χ4v) is 4.25. The summed E-state index contributed by atoms with van der Waals surface area (Å²) in [6, 6.07) is 16.8. The Morgan fingerprint density at radius 2 is 1.91 bits per heavy atom. The number of nitrogens with zero attached hydrogens (tertiary/aromatic N) is 5. The van der Waals surface area contributed by atoms with Crippen LogP contribution in [-0.2, 0) is 11.2 Å². The summed E-state index contributed by atoms with van der Waals surface area (Å²) >= 11 is 4.70. The molecule has 0 radical (unpaired) electrons. The number of allylic oxidation sites excluding steroid dienone is 1. The summed E-state index contributed by atoms with van der Waals surface area (Å²) in [7, 11) is 0. The average Bonchev–Trinajstić information content (AvgIpc) is 3.30. The number of hydrogen-bond acceptors (Lipinski definition) is 7. The molecule has 0 unspecified atom stereocenters. The van der Waals surface area contributed by atoms with Crippen molar-refractivity contribution in [3.8, 4) is 22.8 Å². The maximum Gasteiger partial charge on any atom is 0.250 e. The van der Waals surface area contributed by atoms with E-state index in [0.29, 0.717) is 23.0 Å². The molecule has 0 saturated heterocycles. The fraction of sp³-hybridized carbons (Fsp3) is 0.0800. The monoisotopic (exact) mass is 548 g/mol. The van der Waals surface area contributed by atoms with Gasteiger partial charge in [-0.2, -0.15) is 5.10 Å². The predicted octanol–water partition coefficient (Wildman–Crippen LogP) is 4.77. The van der Waals surface area contributed by atoms with Crippen molar-refractivity contribution >= 4 is 39.8 Å². The molecule has 0 aliphatic carbocycles. The summed E-state index contributed by atoms with van der Waals surface area (Å²) in [5, 5.41) is 23.5. The minimum Gasteiger partial charge on any atom is -0.507 e. The van der Waals surface area contributed by atoms with Gasteiger partial charge in [0.25, 0.3) is 5.91 Å². The molecule has 8 nitrogen and oxygen atoms in total. The second-order valence-electron chi connectivity index (χ2n) is 7.28. The number of thioether (sulfide) groups is 1. The second-order valence-corrected chi connectivity index (χ2v) is 9.14. The van der Waals surface area contributed by atoms with Crippen LogP contribution in [0.4, 0.5) is 0 Å². The minimum absolute atomic E-state index is 0.0742. The van der Waals surface area contributed by atoms with Crippen LogP contribution in [0.3, 0.4) is 0 Å². The van der Waals surface area contributed by atoms with Crippen molar-refractivity contribution in [3.63, 3.8) is 0 Å². The summed E-state index contributed by atoms with van der Waals surface area (Å²) in [6.07, 6.45) is 7.05. The molecule has 2 aromatic heterocycles. The number of aromatic nitrogens is 4. The van der Waals surface area contributed by atoms with Crippen LogP contribution in [0.2, 0.25) is 0 Å². The van der Waals surface area contributed by atoms with Crippen LogP contribution in [0, 0.1) is 0 Å². The maximum atomic E-state index is 12.4. The molecule has 0 spiro atoms. The molecule has 176 valence electrons. The van der Waals surface area contributed by atoms with Gasteiger partial charge in [0.1, 0.15) is 5.75 Å². The molecule has 10 heteroatoms. The Balaban J connectivity index is 1.48. The average molecular weight is 549 g/mol. The van der Waals surface area contributed by atoms with Crippen molar-refractivity contribution in [2.24, 2.45) is 5.10 Å². The van der Waals surface area contributed by atoms with Crippen LogP contribution in [0.1, 0.15) is 11.1 Å². The van der Waals surface area contributed by atoms with Crippen molar-refractivity contribution in [3.05, 3.63) is 95.2 Å². The Kier molecular flexibility index (Phi) is 8.07. The first-order valence-corrected chi connectivity index (χ1v) is 12.3. The van der Waals surface area contributed by atoms with Gasteiger partial charge in [0.05, 0.1) is 12.0 Å². The molecule has 0 atom stereocenters. The maximum absolute atomic E-state index is 12.4. The van der Waals surface area contributed by atoms with Gasteiger partial charge in [-0.15, -0.1) is 16.8 Å². The van der Waals surface area contributed by atoms with Crippen molar-refractivity contribution in [2.75, 3.05) is 5.75 Å². The van der Waals surface area contributed by atoms with E-state index in [1.54, 1.807) is 24.5 Å². The topological polar surface area (TPSA) is 105 Å². The van der Waals surface area contributed by atoms with E-state index in [1.807, 2.05) is 53.1 Å². The van der Waals surface area contributed by atoms with Crippen molar-refractivity contribution < 1.29 is 9.90 Å². The number of pyridine rings is 1. The standard InChI is InChI=1S/C25H21BrN6O2S/c1-2-4-17-5-3-6-19(23(17)34)15-28-29-22(33)16-35-25-31-30-24(18-11-13-27-14-12-18)32(25)21-9-7-20(26)8-10-21/h2-3,5-15,34H,1,4,16H2,(H,29,33)/b28-15-. The molecule has 0 bridgehead atoms. The highest BCUT2D eigenvalue weighted by Gasteiger charge is 2.17. The number of rotatable bonds is 9. The zero-order valence-electron chi connectivity index (χ0n) is 18.5. The summed E-state index contributed by atoms with van der Waals surface area (Å²) in [4.78, 5) is 16.5. The third-order valence-electron chi connectivity index (χ3n) is 4.90. The van der Waals surface area contributed by atoms with Crippen LogP contribution in [0.25, 0.3) is 17.1 Å². The quantitative estimate of drug-likeness (QED) is 0.135. The van der Waals surface area contributed by atoms with Gasteiger partial charge < -0.3 is 5.11 Å². The zero-order valence-corrected chi connectivity index (χ0v) is 20.9. The molecule has 4 aromatic rings. The molecule has 2 aromatic carbocycles. The molecule has 2 N–H and O–H groups in total. The Bertz CT molecular complexity index is 1360. The third kappa shape index (κ3) is 6.03. The molecule has 0 fully saturated rings. The molecular formula is C25H21BrN6O2S. The van der Waals surface area contributed by atoms with Gasteiger partial charge in [-0.25, -0.2) is 5.43 Å². The Morgan fingerprint density at radius 3 is 2.66 bits per heavy atom. The van der Waals surface area contributed by atoms with E-state index in [1.165, 1.54) is 18.0 Å². The van der Waals surface area contributed by atoms with Crippen LogP contribution in [0.15, 0.2) is 94.4 Å². The lowest BCUT2D eigenvalue weighted by Gasteiger charge is -2.10. The number of nitrogens with one attached hydrogen (secondary N) is 1. The molecule has 0 aliphatic heterocycles. The van der Waals surface area contributed by atoms with Gasteiger partial charge in [-0.1, -0.05) is 45.9 Å². The van der Waals surface area contributed by atoms with Gasteiger partial charge in [0.15, 0.2) is 11.0 Å². The number of benzene rings is 2. The van der Waals surface area contributed by atoms with Crippen LogP contribution < -0.4 is 5.43 Å². The van der Waals surface area contributed by atoms with Crippen molar-refractivity contribution in [1.29, 1.82) is 0 Å². The number of aromatic hydroxyl groups is 1. The van der Waals surface area contributed by atoms with E-state index in [-0.39, 0.29) is 17.4 Å². The number of halogens is 1. The van der Waals surface area contributed by atoms with E-state index in [4.69, 9.17) is 0 Å². The van der Waals surface area contributed by atoms with E-state index in [9.17, 15) is 9.90 Å². The summed E-state index contributed by atoms with van der Waals surface area (Å²) < 4.78 is 2.85. The first-order chi connectivity index (χ1) is 17.1. The highest BCUT2D eigenvalue weighted by Crippen LogP contribution is 2.28. The number of phenols is 1. The Hall–Kier alpha value is -3.76. The van der Waals surface area contributed by atoms with Crippen molar-refractivity contribution in [2.45, 2.75) is 11.6 Å². The number of carbonyl (C=O) groups excluding carboxylic acids is 1. The molecule has 1 amide bonds. The summed E-state index contributed by atoms with van der Waals surface area (Å²) in [6.45, 7) is 3.69. The Morgan fingerprint density at radius 1 is 1.14 bits per heavy atom. The van der Waals surface area contributed by atoms with Crippen LogP contribution in [0.5, 0.6) is 5.75 Å². The van der Waals surface area contributed by atoms with E-state index >= 15 is 0 Å². The zero-order chi connectivity index (χ0) is 24.6. The molecule has 0 saturated carbocycles. The lowest BCUT2D eigenvalue weighted by molar-refractivity contribution is -0.118.